The molecule has 0 saturated heterocycles. The Bertz CT molecular complexity index is 449. The quantitative estimate of drug-likeness (QED) is 0.430. The van der Waals surface area contributed by atoms with Crippen LogP contribution in [0.4, 0.5) is 0 Å². The molecule has 0 aliphatic heterocycles. The van der Waals surface area contributed by atoms with Gasteiger partial charge in [-0.15, -0.1) is 0 Å². The summed E-state index contributed by atoms with van der Waals surface area (Å²) < 4.78 is 6.57. The number of benzene rings is 1. The molecule has 0 atom stereocenters. The molecule has 0 aliphatic carbocycles. The third kappa shape index (κ3) is 5.41. The Morgan fingerprint density at radius 1 is 1.42 bits per heavy atom. The van der Waals surface area contributed by atoms with Gasteiger partial charge in [0.1, 0.15) is 5.75 Å². The fraction of sp³-hybridized carbons (Fsp3) is 0.500. The number of nitrogens with one attached hydrogen (secondary N) is 1. The summed E-state index contributed by atoms with van der Waals surface area (Å²) in [7, 11) is 0. The molecule has 0 aromatic heterocycles. The fourth-order valence-electron chi connectivity index (χ4n) is 1.58. The second-order valence-corrected chi connectivity index (χ2v) is 6.50. The highest BCUT2D eigenvalue weighted by Crippen LogP contribution is 2.28. The summed E-state index contributed by atoms with van der Waals surface area (Å²) in [6, 6.07) is 5.57. The molecular formula is C14H20BrClN2O. The minimum atomic E-state index is -0.227. The molecule has 0 unspecified atom stereocenters. The van der Waals surface area contributed by atoms with Gasteiger partial charge in [-0.3, -0.25) is 5.41 Å². The highest BCUT2D eigenvalue weighted by Gasteiger charge is 2.20. The number of halogens is 2. The fourth-order valence-corrected chi connectivity index (χ4v) is 2.31. The minimum Gasteiger partial charge on any atom is -0.492 e. The van der Waals surface area contributed by atoms with Gasteiger partial charge in [0.2, 0.25) is 0 Å². The van der Waals surface area contributed by atoms with Gasteiger partial charge in [0, 0.05) is 9.89 Å². The number of nitrogens with two attached hydrogens (primary N) is 1. The molecule has 0 amide bonds. The molecular weight excluding hydrogens is 328 g/mol. The summed E-state index contributed by atoms with van der Waals surface area (Å²) in [5.74, 6) is 0.945. The van der Waals surface area contributed by atoms with Gasteiger partial charge in [0.25, 0.3) is 0 Å². The Kier molecular flexibility index (Phi) is 6.14. The van der Waals surface area contributed by atoms with E-state index >= 15 is 0 Å². The van der Waals surface area contributed by atoms with E-state index in [0.29, 0.717) is 17.4 Å². The van der Waals surface area contributed by atoms with E-state index in [2.05, 4.69) is 15.9 Å². The maximum Gasteiger partial charge on any atom is 0.137 e. The van der Waals surface area contributed by atoms with Crippen LogP contribution >= 0.6 is 27.5 Å². The van der Waals surface area contributed by atoms with E-state index in [-0.39, 0.29) is 11.3 Å². The standard InChI is InChI=1S/C14H20BrClN2O/c1-14(2,13(17)18)7-3-4-8-19-12-6-5-10(15)9-11(12)16/h5-6,9H,3-4,7-8H2,1-2H3,(H3,17,18). The van der Waals surface area contributed by atoms with Crippen molar-refractivity contribution in [1.82, 2.24) is 0 Å². The van der Waals surface area contributed by atoms with Crippen LogP contribution in [0.25, 0.3) is 0 Å². The van der Waals surface area contributed by atoms with E-state index in [1.54, 1.807) is 0 Å². The molecule has 0 heterocycles. The molecule has 0 fully saturated rings. The van der Waals surface area contributed by atoms with Crippen LogP contribution in [0.15, 0.2) is 22.7 Å². The topological polar surface area (TPSA) is 59.1 Å². The number of unbranched alkanes of at least 4 members (excludes halogenated alkanes) is 1. The maximum absolute atomic E-state index is 7.48. The summed E-state index contributed by atoms with van der Waals surface area (Å²) in [6.45, 7) is 4.60. The molecule has 3 nitrogen and oxygen atoms in total. The van der Waals surface area contributed by atoms with Gasteiger partial charge in [-0.05, 0) is 37.5 Å². The number of rotatable bonds is 7. The summed E-state index contributed by atoms with van der Waals surface area (Å²) in [6.07, 6.45) is 2.78. The molecule has 1 aromatic rings. The molecule has 1 aromatic carbocycles. The predicted octanol–water partition coefficient (Wildman–Crippen LogP) is 4.61. The summed E-state index contributed by atoms with van der Waals surface area (Å²) >= 11 is 9.41. The van der Waals surface area contributed by atoms with Gasteiger partial charge in [-0.2, -0.15) is 0 Å². The van der Waals surface area contributed by atoms with Gasteiger partial charge in [-0.25, -0.2) is 0 Å². The van der Waals surface area contributed by atoms with E-state index in [4.69, 9.17) is 27.5 Å². The monoisotopic (exact) mass is 346 g/mol. The molecule has 0 saturated carbocycles. The van der Waals surface area contributed by atoms with Crippen LogP contribution in [0, 0.1) is 10.8 Å². The molecule has 0 spiro atoms. The van der Waals surface area contributed by atoms with Crippen LogP contribution in [0.5, 0.6) is 5.75 Å². The largest absolute Gasteiger partial charge is 0.492 e. The van der Waals surface area contributed by atoms with Crippen molar-refractivity contribution >= 4 is 33.4 Å². The minimum absolute atomic E-state index is 0.227. The van der Waals surface area contributed by atoms with Crippen LogP contribution in [0.1, 0.15) is 33.1 Å². The second-order valence-electron chi connectivity index (χ2n) is 5.18. The number of hydrogen-bond acceptors (Lipinski definition) is 2. The lowest BCUT2D eigenvalue weighted by Gasteiger charge is -2.22. The number of ether oxygens (including phenoxy) is 1. The van der Waals surface area contributed by atoms with E-state index in [0.717, 1.165) is 23.7 Å². The zero-order chi connectivity index (χ0) is 14.5. The van der Waals surface area contributed by atoms with Crippen LogP contribution in [0.2, 0.25) is 5.02 Å². The van der Waals surface area contributed by atoms with Gasteiger partial charge >= 0.3 is 0 Å². The summed E-state index contributed by atoms with van der Waals surface area (Å²) in [5.41, 5.74) is 5.31. The Morgan fingerprint density at radius 3 is 2.68 bits per heavy atom. The van der Waals surface area contributed by atoms with Gasteiger partial charge in [-0.1, -0.05) is 41.4 Å². The van der Waals surface area contributed by atoms with E-state index in [1.807, 2.05) is 32.0 Å². The summed E-state index contributed by atoms with van der Waals surface area (Å²) in [5, 5.41) is 8.09. The van der Waals surface area contributed by atoms with Crippen molar-refractivity contribution in [3.05, 3.63) is 27.7 Å². The van der Waals surface area contributed by atoms with Crippen LogP contribution in [-0.4, -0.2) is 12.4 Å². The molecule has 19 heavy (non-hydrogen) atoms. The lowest BCUT2D eigenvalue weighted by Crippen LogP contribution is -2.30. The lowest BCUT2D eigenvalue weighted by molar-refractivity contribution is 0.296. The van der Waals surface area contributed by atoms with Crippen LogP contribution in [0.3, 0.4) is 0 Å². The summed E-state index contributed by atoms with van der Waals surface area (Å²) in [4.78, 5) is 0. The van der Waals surface area contributed by atoms with E-state index in [9.17, 15) is 0 Å². The van der Waals surface area contributed by atoms with Crippen LogP contribution < -0.4 is 10.5 Å². The third-order valence-electron chi connectivity index (χ3n) is 3.08. The van der Waals surface area contributed by atoms with Crippen molar-refractivity contribution in [2.45, 2.75) is 33.1 Å². The molecule has 0 radical (unpaired) electrons. The highest BCUT2D eigenvalue weighted by molar-refractivity contribution is 9.10. The second kappa shape index (κ2) is 7.15. The zero-order valence-electron chi connectivity index (χ0n) is 11.3. The maximum atomic E-state index is 7.48. The molecule has 5 heteroatoms. The SMILES string of the molecule is CC(C)(CCCCOc1ccc(Br)cc1Cl)C(=N)N. The molecule has 1 rings (SSSR count). The highest BCUT2D eigenvalue weighted by atomic mass is 79.9. The van der Waals surface area contributed by atoms with Crippen molar-refractivity contribution in [2.24, 2.45) is 11.1 Å². The first-order chi connectivity index (χ1) is 8.83. The average Bonchev–Trinajstić information content (AvgIpc) is 2.31. The molecule has 0 aliphatic rings. The van der Waals surface area contributed by atoms with E-state index < -0.39 is 0 Å². The first kappa shape index (κ1) is 16.3. The number of hydrogen-bond donors (Lipinski definition) is 2. The van der Waals surface area contributed by atoms with Crippen LogP contribution in [-0.2, 0) is 0 Å². The Balaban J connectivity index is 2.30. The Hall–Kier alpha value is -0.740. The Morgan fingerprint density at radius 2 is 2.11 bits per heavy atom. The first-order valence-corrected chi connectivity index (χ1v) is 7.42. The smallest absolute Gasteiger partial charge is 0.137 e. The zero-order valence-corrected chi connectivity index (χ0v) is 13.6. The van der Waals surface area contributed by atoms with Crippen molar-refractivity contribution in [3.63, 3.8) is 0 Å². The normalized spacial score (nSPS) is 11.4. The molecule has 3 N–H and O–H groups in total. The number of amidine groups is 1. The Labute approximate surface area is 128 Å². The molecule has 0 bridgehead atoms. The van der Waals surface area contributed by atoms with Crippen molar-refractivity contribution in [2.75, 3.05) is 6.61 Å². The molecule has 106 valence electrons. The van der Waals surface area contributed by atoms with E-state index in [1.165, 1.54) is 0 Å². The van der Waals surface area contributed by atoms with Crippen molar-refractivity contribution < 1.29 is 4.74 Å². The van der Waals surface area contributed by atoms with Gasteiger partial charge in [0.05, 0.1) is 17.5 Å². The predicted molar refractivity (Wildman–Crippen MR) is 84.2 cm³/mol. The lowest BCUT2D eigenvalue weighted by atomic mass is 9.86. The third-order valence-corrected chi connectivity index (χ3v) is 3.87. The van der Waals surface area contributed by atoms with Crippen molar-refractivity contribution in [3.8, 4) is 5.75 Å². The average molecular weight is 348 g/mol. The van der Waals surface area contributed by atoms with Gasteiger partial charge < -0.3 is 10.5 Å². The van der Waals surface area contributed by atoms with Crippen molar-refractivity contribution in [1.29, 1.82) is 5.41 Å². The van der Waals surface area contributed by atoms with Gasteiger partial charge in [0.15, 0.2) is 0 Å². The first-order valence-electron chi connectivity index (χ1n) is 6.25.